The Morgan fingerprint density at radius 2 is 2.36 bits per heavy atom. The molecular weight excluding hydrogens is 136 g/mol. The molecule has 56 valence electrons. The Morgan fingerprint density at radius 3 is 3.00 bits per heavy atom. The summed E-state index contributed by atoms with van der Waals surface area (Å²) in [6.45, 7) is 4.59. The van der Waals surface area contributed by atoms with Crippen molar-refractivity contribution in [2.45, 2.75) is 6.10 Å². The van der Waals surface area contributed by atoms with Gasteiger partial charge in [-0.25, -0.2) is 0 Å². The molecule has 0 spiro atoms. The lowest BCUT2D eigenvalue weighted by atomic mass is 10.1. The smallest absolute Gasteiger partial charge is 0.106 e. The average molecular weight is 146 g/mol. The van der Waals surface area contributed by atoms with Crippen molar-refractivity contribution in [3.05, 3.63) is 42.0 Å². The van der Waals surface area contributed by atoms with Crippen molar-refractivity contribution in [2.75, 3.05) is 6.61 Å². The van der Waals surface area contributed by atoms with E-state index < -0.39 is 0 Å². The lowest BCUT2D eigenvalue weighted by molar-refractivity contribution is 0.415. The Bertz CT molecular complexity index is 274. The van der Waals surface area contributed by atoms with Crippen LogP contribution in [0.15, 0.2) is 30.8 Å². The molecule has 0 N–H and O–H groups in total. The summed E-state index contributed by atoms with van der Waals surface area (Å²) in [6.07, 6.45) is 2.21. The maximum atomic E-state index is 5.16. The van der Waals surface area contributed by atoms with Crippen LogP contribution >= 0.6 is 0 Å². The van der Waals surface area contributed by atoms with Gasteiger partial charge >= 0.3 is 0 Å². The molecule has 0 bridgehead atoms. The van der Waals surface area contributed by atoms with E-state index in [2.05, 4.69) is 18.7 Å². The molecule has 1 aliphatic heterocycles. The fraction of sp³-hybridized carbons (Fsp3) is 0.200. The van der Waals surface area contributed by atoms with Crippen LogP contribution in [0.1, 0.15) is 17.2 Å². The summed E-state index contributed by atoms with van der Waals surface area (Å²) < 4.78 is 5.16. The third kappa shape index (κ3) is 1.33. The molecule has 1 saturated heterocycles. The summed E-state index contributed by atoms with van der Waals surface area (Å²) in [5, 5.41) is 0. The monoisotopic (exact) mass is 146 g/mol. The molecule has 0 radical (unpaired) electrons. The van der Waals surface area contributed by atoms with Crippen LogP contribution in [-0.2, 0) is 4.74 Å². The molecule has 0 aromatic heterocycles. The molecule has 0 saturated carbocycles. The molecule has 11 heavy (non-hydrogen) atoms. The van der Waals surface area contributed by atoms with Gasteiger partial charge in [-0.1, -0.05) is 30.9 Å². The quantitative estimate of drug-likeness (QED) is 0.584. The van der Waals surface area contributed by atoms with Gasteiger partial charge < -0.3 is 4.74 Å². The van der Waals surface area contributed by atoms with Crippen molar-refractivity contribution in [2.24, 2.45) is 0 Å². The zero-order chi connectivity index (χ0) is 7.68. The van der Waals surface area contributed by atoms with E-state index in [-0.39, 0.29) is 0 Å². The minimum Gasteiger partial charge on any atom is -0.368 e. The van der Waals surface area contributed by atoms with E-state index in [1.807, 2.05) is 18.2 Å². The Balaban J connectivity index is 2.33. The maximum absolute atomic E-state index is 5.16. The molecule has 1 aliphatic rings. The summed E-state index contributed by atoms with van der Waals surface area (Å²) in [7, 11) is 0. The lowest BCUT2D eigenvalue weighted by Gasteiger charge is -1.96. The topological polar surface area (TPSA) is 12.5 Å². The Morgan fingerprint density at radius 1 is 1.55 bits per heavy atom. The van der Waals surface area contributed by atoms with E-state index in [4.69, 9.17) is 4.74 Å². The zero-order valence-corrected chi connectivity index (χ0v) is 6.29. The van der Waals surface area contributed by atoms with Crippen LogP contribution in [0.25, 0.3) is 6.08 Å². The van der Waals surface area contributed by atoms with Gasteiger partial charge in [0, 0.05) is 0 Å². The summed E-state index contributed by atoms with van der Waals surface area (Å²) >= 11 is 0. The van der Waals surface area contributed by atoms with Gasteiger partial charge in [-0.3, -0.25) is 0 Å². The highest BCUT2D eigenvalue weighted by Crippen LogP contribution is 2.29. The lowest BCUT2D eigenvalue weighted by Crippen LogP contribution is -1.80. The van der Waals surface area contributed by atoms with Crippen LogP contribution in [0, 0.1) is 0 Å². The fourth-order valence-corrected chi connectivity index (χ4v) is 1.13. The first-order valence-electron chi connectivity index (χ1n) is 3.74. The summed E-state index contributed by atoms with van der Waals surface area (Å²) in [5.41, 5.74) is 2.43. The Kier molecular flexibility index (Phi) is 1.51. The molecule has 2 rings (SSSR count). The predicted octanol–water partition coefficient (Wildman–Crippen LogP) is 2.40. The molecule has 1 heteroatoms. The highest BCUT2D eigenvalue weighted by molar-refractivity contribution is 5.48. The SMILES string of the molecule is C=Cc1cccc([C@@H]2CO2)c1. The third-order valence-electron chi connectivity index (χ3n) is 1.85. The number of benzene rings is 1. The second-order valence-electron chi connectivity index (χ2n) is 2.70. The number of ether oxygens (including phenoxy) is 1. The molecule has 1 aromatic carbocycles. The summed E-state index contributed by atoms with van der Waals surface area (Å²) in [6, 6.07) is 8.28. The largest absolute Gasteiger partial charge is 0.368 e. The second kappa shape index (κ2) is 2.51. The van der Waals surface area contributed by atoms with Gasteiger partial charge in [0.2, 0.25) is 0 Å². The molecular formula is C10H10O. The van der Waals surface area contributed by atoms with Crippen LogP contribution in [0.5, 0.6) is 0 Å². The molecule has 0 unspecified atom stereocenters. The number of hydrogen-bond acceptors (Lipinski definition) is 1. The molecule has 0 aliphatic carbocycles. The van der Waals surface area contributed by atoms with Crippen molar-refractivity contribution in [3.63, 3.8) is 0 Å². The highest BCUT2D eigenvalue weighted by Gasteiger charge is 2.24. The van der Waals surface area contributed by atoms with Gasteiger partial charge in [-0.15, -0.1) is 0 Å². The minimum absolute atomic E-state index is 0.356. The van der Waals surface area contributed by atoms with Gasteiger partial charge in [0.25, 0.3) is 0 Å². The van der Waals surface area contributed by atoms with Gasteiger partial charge in [-0.2, -0.15) is 0 Å². The molecule has 1 fully saturated rings. The second-order valence-corrected chi connectivity index (χ2v) is 2.70. The van der Waals surface area contributed by atoms with Gasteiger partial charge in [-0.05, 0) is 17.2 Å². The zero-order valence-electron chi connectivity index (χ0n) is 6.29. The van der Waals surface area contributed by atoms with Crippen molar-refractivity contribution < 1.29 is 4.74 Å². The van der Waals surface area contributed by atoms with E-state index in [0.29, 0.717) is 6.10 Å². The highest BCUT2D eigenvalue weighted by atomic mass is 16.6. The standard InChI is InChI=1S/C10H10O/c1-2-8-4-3-5-9(6-8)10-7-11-10/h2-6,10H,1,7H2/t10-/m0/s1. The first-order valence-corrected chi connectivity index (χ1v) is 3.74. The van der Waals surface area contributed by atoms with E-state index >= 15 is 0 Å². The van der Waals surface area contributed by atoms with Crippen molar-refractivity contribution in [1.29, 1.82) is 0 Å². The first kappa shape index (κ1) is 6.62. The predicted molar refractivity (Wildman–Crippen MR) is 45.2 cm³/mol. The van der Waals surface area contributed by atoms with Gasteiger partial charge in [0.05, 0.1) is 6.61 Å². The Labute approximate surface area is 66.3 Å². The summed E-state index contributed by atoms with van der Waals surface area (Å²) in [4.78, 5) is 0. The van der Waals surface area contributed by atoms with E-state index in [0.717, 1.165) is 12.2 Å². The van der Waals surface area contributed by atoms with Gasteiger partial charge in [0.15, 0.2) is 0 Å². The Hall–Kier alpha value is -1.08. The maximum Gasteiger partial charge on any atom is 0.106 e. The molecule has 1 nitrogen and oxygen atoms in total. The third-order valence-corrected chi connectivity index (χ3v) is 1.85. The van der Waals surface area contributed by atoms with Crippen molar-refractivity contribution >= 4 is 6.08 Å². The van der Waals surface area contributed by atoms with E-state index in [1.54, 1.807) is 0 Å². The van der Waals surface area contributed by atoms with Gasteiger partial charge in [0.1, 0.15) is 6.10 Å². The molecule has 0 amide bonds. The first-order chi connectivity index (χ1) is 5.40. The number of epoxide rings is 1. The van der Waals surface area contributed by atoms with Crippen molar-refractivity contribution in [3.8, 4) is 0 Å². The van der Waals surface area contributed by atoms with E-state index in [9.17, 15) is 0 Å². The molecule has 1 aromatic rings. The summed E-state index contributed by atoms with van der Waals surface area (Å²) in [5.74, 6) is 0. The number of rotatable bonds is 2. The van der Waals surface area contributed by atoms with Crippen LogP contribution in [-0.4, -0.2) is 6.61 Å². The molecule has 1 atom stereocenters. The number of hydrogen-bond donors (Lipinski definition) is 0. The fourth-order valence-electron chi connectivity index (χ4n) is 1.13. The van der Waals surface area contributed by atoms with Crippen LogP contribution in [0.4, 0.5) is 0 Å². The van der Waals surface area contributed by atoms with Crippen LogP contribution < -0.4 is 0 Å². The normalized spacial score (nSPS) is 21.3. The average Bonchev–Trinajstić information content (AvgIpc) is 2.87. The van der Waals surface area contributed by atoms with E-state index in [1.165, 1.54) is 5.56 Å². The molecule has 1 heterocycles. The van der Waals surface area contributed by atoms with Crippen LogP contribution in [0.3, 0.4) is 0 Å². The minimum atomic E-state index is 0.356. The van der Waals surface area contributed by atoms with Crippen LogP contribution in [0.2, 0.25) is 0 Å². The van der Waals surface area contributed by atoms with Crippen molar-refractivity contribution in [1.82, 2.24) is 0 Å².